The molecule has 0 atom stereocenters. The van der Waals surface area contributed by atoms with Crippen LogP contribution in [-0.2, 0) is 11.3 Å². The number of carbonyl (C=O) groups is 2. The van der Waals surface area contributed by atoms with Crippen LogP contribution in [0.25, 0.3) is 10.1 Å². The molecule has 1 heterocycles. The molecule has 0 bridgehead atoms. The molecule has 0 aliphatic carbocycles. The summed E-state index contributed by atoms with van der Waals surface area (Å²) < 4.78 is 26.8. The summed E-state index contributed by atoms with van der Waals surface area (Å²) in [7, 11) is -2.51. The fourth-order valence-corrected chi connectivity index (χ4v) is 3.41. The fourth-order valence-electron chi connectivity index (χ4n) is 2.14. The Morgan fingerprint density at radius 3 is 2.79 bits per heavy atom. The molecule has 1 aromatic carbocycles. The lowest BCUT2D eigenvalue weighted by Gasteiger charge is -2.06. The predicted octanol–water partition coefficient (Wildman–Crippen LogP) is 2.66. The van der Waals surface area contributed by atoms with Crippen LogP contribution in [0.1, 0.15) is 42.2 Å². The maximum absolute atomic E-state index is 11.7. The van der Waals surface area contributed by atoms with Gasteiger partial charge in [-0.05, 0) is 31.0 Å². The predicted molar refractivity (Wildman–Crippen MR) is 75.8 cm³/mol. The molecule has 0 radical (unpaired) electrons. The second-order valence-electron chi connectivity index (χ2n) is 4.24. The van der Waals surface area contributed by atoms with Crippen LogP contribution in [-0.4, -0.2) is 18.7 Å². The topological polar surface area (TPSA) is 69.4 Å². The minimum Gasteiger partial charge on any atom is -0.380 e. The van der Waals surface area contributed by atoms with Gasteiger partial charge in [-0.3, -0.25) is 9.59 Å². The second-order valence-corrected chi connectivity index (χ2v) is 5.26. The smallest absolute Gasteiger partial charge is 0.259 e. The summed E-state index contributed by atoms with van der Waals surface area (Å²) in [5.74, 6) is -0.707. The number of ether oxygens (including phenoxy) is 1. The first-order valence-corrected chi connectivity index (χ1v) is 6.43. The molecule has 100 valence electrons. The molecule has 2 rings (SSSR count). The number of carbonyl (C=O) groups excluding carboxylic acids is 2. The number of Topliss-reactive ketones (excluding diaryl/α,β-unsaturated/α-hetero) is 1. The first-order chi connectivity index (χ1) is 10.1. The monoisotopic (exact) mass is 280 g/mol. The molecule has 0 aliphatic rings. The van der Waals surface area contributed by atoms with E-state index in [0.29, 0.717) is 31.7 Å². The van der Waals surface area contributed by atoms with Crippen LogP contribution < -0.4 is 5.73 Å². The molecule has 0 saturated heterocycles. The van der Waals surface area contributed by atoms with Gasteiger partial charge in [0.15, 0.2) is 5.78 Å². The van der Waals surface area contributed by atoms with Crippen LogP contribution in [0.4, 0.5) is 0 Å². The third-order valence-corrected chi connectivity index (χ3v) is 4.33. The Bertz CT molecular complexity index is 765. The van der Waals surface area contributed by atoms with Gasteiger partial charge in [0.25, 0.3) is 5.91 Å². The highest BCUT2D eigenvalue weighted by molar-refractivity contribution is 7.21. The Labute approximate surface area is 119 Å². The number of nitrogens with two attached hydrogens (primary N) is 1. The zero-order chi connectivity index (χ0) is 16.7. The number of amides is 1. The zero-order valence-electron chi connectivity index (χ0n) is 13.6. The van der Waals surface area contributed by atoms with Gasteiger partial charge in [0, 0.05) is 22.7 Å². The average molecular weight is 280 g/mol. The fraction of sp³-hybridized carbons (Fsp3) is 0.286. The molecule has 1 amide bonds. The molecule has 0 aliphatic heterocycles. The summed E-state index contributed by atoms with van der Waals surface area (Å²) in [5, 5.41) is 0.663. The van der Waals surface area contributed by atoms with E-state index < -0.39 is 12.9 Å². The Balaban J connectivity index is 2.66. The third kappa shape index (κ3) is 2.27. The van der Waals surface area contributed by atoms with E-state index in [-0.39, 0.29) is 12.4 Å². The quantitative estimate of drug-likeness (QED) is 0.875. The number of benzene rings is 1. The summed E-state index contributed by atoms with van der Waals surface area (Å²) in [5.41, 5.74) is 7.09. The Hall–Kier alpha value is -1.72. The molecule has 0 fully saturated rings. The van der Waals surface area contributed by atoms with Crippen molar-refractivity contribution < 1.29 is 18.4 Å². The first kappa shape index (κ1) is 10.1. The van der Waals surface area contributed by atoms with Crippen LogP contribution in [0.5, 0.6) is 0 Å². The zero-order valence-corrected chi connectivity index (χ0v) is 11.4. The molecule has 0 spiro atoms. The standard InChI is InChI=1S/C14H15NO3S/c1-7-11-9(6-18-3)4-5-10(8(2)16)13(11)19-12(7)14(15)17/h4-5H,6H2,1-3H3,(H2,15,17)/i3D3. The van der Waals surface area contributed by atoms with E-state index in [1.807, 2.05) is 0 Å². The van der Waals surface area contributed by atoms with Crippen LogP contribution >= 0.6 is 11.3 Å². The van der Waals surface area contributed by atoms with Crippen molar-refractivity contribution in [2.45, 2.75) is 20.5 Å². The van der Waals surface area contributed by atoms with Crippen molar-refractivity contribution in [1.82, 2.24) is 0 Å². The van der Waals surface area contributed by atoms with Crippen molar-refractivity contribution in [3.05, 3.63) is 33.7 Å². The van der Waals surface area contributed by atoms with Crippen molar-refractivity contribution >= 4 is 33.1 Å². The van der Waals surface area contributed by atoms with E-state index in [1.165, 1.54) is 6.92 Å². The molecule has 0 saturated carbocycles. The van der Waals surface area contributed by atoms with Crippen molar-refractivity contribution in [2.24, 2.45) is 5.73 Å². The van der Waals surface area contributed by atoms with Gasteiger partial charge >= 0.3 is 0 Å². The van der Waals surface area contributed by atoms with Crippen LogP contribution in [0, 0.1) is 6.92 Å². The molecule has 5 heteroatoms. The van der Waals surface area contributed by atoms with E-state index >= 15 is 0 Å². The number of methoxy groups -OCH3 is 1. The second kappa shape index (κ2) is 5.11. The Morgan fingerprint density at radius 1 is 1.47 bits per heavy atom. The Morgan fingerprint density at radius 2 is 2.21 bits per heavy atom. The molecular weight excluding hydrogens is 262 g/mol. The minimum atomic E-state index is -2.51. The highest BCUT2D eigenvalue weighted by atomic mass is 32.1. The normalized spacial score (nSPS) is 13.9. The third-order valence-electron chi connectivity index (χ3n) is 2.99. The summed E-state index contributed by atoms with van der Waals surface area (Å²) in [6, 6.07) is 3.26. The lowest BCUT2D eigenvalue weighted by Crippen LogP contribution is -2.09. The SMILES string of the molecule is [2H]C([2H])([2H])OCc1ccc(C(C)=O)c2sc(C(N)=O)c(C)c12. The average Bonchev–Trinajstić information content (AvgIpc) is 2.73. The molecule has 2 aromatic rings. The van der Waals surface area contributed by atoms with Gasteiger partial charge < -0.3 is 10.5 Å². The van der Waals surface area contributed by atoms with Gasteiger partial charge in [-0.1, -0.05) is 6.07 Å². The summed E-state index contributed by atoms with van der Waals surface area (Å²) in [6.07, 6.45) is 0. The van der Waals surface area contributed by atoms with Crippen molar-refractivity contribution in [2.75, 3.05) is 7.04 Å². The number of fused-ring (bicyclic) bond motifs is 1. The van der Waals surface area contributed by atoms with E-state index in [2.05, 4.69) is 0 Å². The largest absolute Gasteiger partial charge is 0.380 e. The van der Waals surface area contributed by atoms with Crippen molar-refractivity contribution in [3.63, 3.8) is 0 Å². The number of ketones is 1. The molecule has 19 heavy (non-hydrogen) atoms. The number of primary amides is 1. The van der Waals surface area contributed by atoms with Gasteiger partial charge in [-0.15, -0.1) is 11.3 Å². The molecular formula is C14H15NO3S. The number of thiophene rings is 1. The molecule has 2 N–H and O–H groups in total. The van der Waals surface area contributed by atoms with Crippen LogP contribution in [0.2, 0.25) is 0 Å². The van der Waals surface area contributed by atoms with Crippen LogP contribution in [0.15, 0.2) is 12.1 Å². The lowest BCUT2D eigenvalue weighted by molar-refractivity contribution is 0.0999. The maximum atomic E-state index is 11.7. The highest BCUT2D eigenvalue weighted by Gasteiger charge is 2.19. The minimum absolute atomic E-state index is 0.134. The number of rotatable bonds is 4. The molecule has 1 aromatic heterocycles. The highest BCUT2D eigenvalue weighted by Crippen LogP contribution is 2.36. The van der Waals surface area contributed by atoms with Gasteiger partial charge in [-0.2, -0.15) is 0 Å². The maximum Gasteiger partial charge on any atom is 0.259 e. The number of hydrogen-bond donors (Lipinski definition) is 1. The molecule has 0 unspecified atom stereocenters. The molecule has 4 nitrogen and oxygen atoms in total. The van der Waals surface area contributed by atoms with Crippen molar-refractivity contribution in [3.8, 4) is 0 Å². The van der Waals surface area contributed by atoms with E-state index in [1.54, 1.807) is 19.1 Å². The summed E-state index contributed by atoms with van der Waals surface area (Å²) in [6.45, 7) is 3.02. The van der Waals surface area contributed by atoms with Gasteiger partial charge in [-0.25, -0.2) is 0 Å². The first-order valence-electron chi connectivity index (χ1n) is 7.11. The van der Waals surface area contributed by atoms with Gasteiger partial charge in [0.2, 0.25) is 0 Å². The van der Waals surface area contributed by atoms with Gasteiger partial charge in [0.1, 0.15) is 0 Å². The number of aryl methyl sites for hydroxylation is 1. The number of hydrogen-bond acceptors (Lipinski definition) is 4. The van der Waals surface area contributed by atoms with E-state index in [4.69, 9.17) is 14.6 Å². The Kier molecular flexibility index (Phi) is 2.72. The van der Waals surface area contributed by atoms with Crippen LogP contribution in [0.3, 0.4) is 0 Å². The summed E-state index contributed by atoms with van der Waals surface area (Å²) in [4.78, 5) is 23.6. The van der Waals surface area contributed by atoms with E-state index in [9.17, 15) is 9.59 Å². The van der Waals surface area contributed by atoms with Gasteiger partial charge in [0.05, 0.1) is 15.6 Å². The summed E-state index contributed by atoms with van der Waals surface area (Å²) >= 11 is 1.14. The van der Waals surface area contributed by atoms with E-state index in [0.717, 1.165) is 11.3 Å². The van der Waals surface area contributed by atoms with Crippen molar-refractivity contribution in [1.29, 1.82) is 0 Å². The lowest BCUT2D eigenvalue weighted by atomic mass is 10.0.